The van der Waals surface area contributed by atoms with Crippen LogP contribution in [0.15, 0.2) is 24.3 Å². The molecule has 104 valence electrons. The molecule has 2 rings (SSSR count). The Hall–Kier alpha value is -1.53. The van der Waals surface area contributed by atoms with E-state index >= 15 is 0 Å². The van der Waals surface area contributed by atoms with Crippen LogP contribution in [-0.2, 0) is 4.79 Å². The van der Waals surface area contributed by atoms with Crippen molar-refractivity contribution in [2.75, 3.05) is 19.6 Å². The van der Waals surface area contributed by atoms with Gasteiger partial charge in [-0.3, -0.25) is 4.79 Å². The average Bonchev–Trinajstić information content (AvgIpc) is 2.84. The normalized spacial score (nSPS) is 24.2. The maximum atomic E-state index is 14.0. The van der Waals surface area contributed by atoms with E-state index in [1.165, 1.54) is 18.2 Å². The van der Waals surface area contributed by atoms with E-state index in [2.05, 4.69) is 10.6 Å². The third kappa shape index (κ3) is 3.08. The van der Waals surface area contributed by atoms with Gasteiger partial charge in [-0.2, -0.15) is 0 Å². The van der Waals surface area contributed by atoms with Crippen molar-refractivity contribution in [1.29, 1.82) is 0 Å². The van der Waals surface area contributed by atoms with E-state index in [4.69, 9.17) is 0 Å². The molecule has 0 spiro atoms. The predicted molar refractivity (Wildman–Crippen MR) is 65.7 cm³/mol. The number of amides is 1. The number of aliphatic hydroxyl groups excluding tert-OH is 1. The van der Waals surface area contributed by atoms with Gasteiger partial charge in [0, 0.05) is 25.1 Å². The van der Waals surface area contributed by atoms with E-state index in [1.54, 1.807) is 6.07 Å². The number of hydrogen-bond acceptors (Lipinski definition) is 3. The molecule has 1 aromatic carbocycles. The molecule has 19 heavy (non-hydrogen) atoms. The highest BCUT2D eigenvalue weighted by molar-refractivity contribution is 5.85. The molecule has 4 nitrogen and oxygen atoms in total. The minimum Gasteiger partial charge on any atom is -0.386 e. The molecule has 2 atom stereocenters. The van der Waals surface area contributed by atoms with E-state index in [1.807, 2.05) is 0 Å². The minimum absolute atomic E-state index is 0.0331. The Labute approximate surface area is 109 Å². The number of nitrogens with one attached hydrogen (secondary N) is 2. The van der Waals surface area contributed by atoms with Gasteiger partial charge in [-0.1, -0.05) is 18.2 Å². The first kappa shape index (κ1) is 13.9. The lowest BCUT2D eigenvalue weighted by Gasteiger charge is -2.19. The summed E-state index contributed by atoms with van der Waals surface area (Å²) < 4.78 is 27.4. The zero-order valence-corrected chi connectivity index (χ0v) is 10.3. The monoisotopic (exact) mass is 270 g/mol. The molecular formula is C13H16F2N2O2. The van der Waals surface area contributed by atoms with Crippen molar-refractivity contribution in [2.45, 2.75) is 18.2 Å². The summed E-state index contributed by atoms with van der Waals surface area (Å²) in [5.41, 5.74) is -1.85. The Balaban J connectivity index is 1.92. The summed E-state index contributed by atoms with van der Waals surface area (Å²) >= 11 is 0. The van der Waals surface area contributed by atoms with E-state index in [0.717, 1.165) is 0 Å². The van der Waals surface area contributed by atoms with Gasteiger partial charge in [0.2, 0.25) is 5.67 Å². The second-order valence-electron chi connectivity index (χ2n) is 4.64. The molecule has 0 aliphatic carbocycles. The quantitative estimate of drug-likeness (QED) is 0.754. The third-order valence-electron chi connectivity index (χ3n) is 3.23. The Bertz CT molecular complexity index is 462. The molecule has 1 saturated heterocycles. The highest BCUT2D eigenvalue weighted by Gasteiger charge is 2.41. The molecule has 0 saturated carbocycles. The van der Waals surface area contributed by atoms with Crippen LogP contribution in [0.3, 0.4) is 0 Å². The van der Waals surface area contributed by atoms with E-state index in [-0.39, 0.29) is 25.1 Å². The Morgan fingerprint density at radius 2 is 2.26 bits per heavy atom. The molecule has 1 aliphatic heterocycles. The lowest BCUT2D eigenvalue weighted by molar-refractivity contribution is -0.132. The molecule has 1 aliphatic rings. The maximum absolute atomic E-state index is 14.0. The summed E-state index contributed by atoms with van der Waals surface area (Å²) in [6.45, 7) is 0.194. The topological polar surface area (TPSA) is 61.4 Å². The first-order valence-corrected chi connectivity index (χ1v) is 6.13. The van der Waals surface area contributed by atoms with Gasteiger partial charge < -0.3 is 15.7 Å². The third-order valence-corrected chi connectivity index (χ3v) is 3.23. The van der Waals surface area contributed by atoms with E-state index in [9.17, 15) is 18.7 Å². The number of rotatable bonds is 4. The van der Waals surface area contributed by atoms with Crippen molar-refractivity contribution >= 4 is 5.91 Å². The van der Waals surface area contributed by atoms with Gasteiger partial charge in [0.1, 0.15) is 5.82 Å². The van der Waals surface area contributed by atoms with Crippen LogP contribution in [0.25, 0.3) is 0 Å². The number of hydrogen-bond donors (Lipinski definition) is 3. The standard InChI is InChI=1S/C13H16F2N2O2/c14-10-4-2-1-3-9(10)11(18)7-17-12(19)13(15)5-6-16-8-13/h1-4,11,16,18H,5-8H2,(H,17,19)/t11-,13-/m0/s1. The summed E-state index contributed by atoms with van der Waals surface area (Å²) in [5, 5.41) is 14.9. The average molecular weight is 270 g/mol. The zero-order valence-electron chi connectivity index (χ0n) is 10.3. The van der Waals surface area contributed by atoms with Gasteiger partial charge >= 0.3 is 0 Å². The second-order valence-corrected chi connectivity index (χ2v) is 4.64. The molecule has 1 aromatic rings. The van der Waals surface area contributed by atoms with E-state index in [0.29, 0.717) is 6.54 Å². The van der Waals surface area contributed by atoms with Gasteiger partial charge in [-0.05, 0) is 12.6 Å². The second kappa shape index (κ2) is 5.63. The molecule has 0 bridgehead atoms. The number of alkyl halides is 1. The fourth-order valence-corrected chi connectivity index (χ4v) is 2.06. The summed E-state index contributed by atoms with van der Waals surface area (Å²) in [7, 11) is 0. The molecule has 3 N–H and O–H groups in total. The van der Waals surface area contributed by atoms with Crippen LogP contribution in [0, 0.1) is 5.82 Å². The number of benzene rings is 1. The smallest absolute Gasteiger partial charge is 0.259 e. The molecule has 0 aromatic heterocycles. The number of carbonyl (C=O) groups excluding carboxylic acids is 1. The Kier molecular flexibility index (Phi) is 4.11. The fourth-order valence-electron chi connectivity index (χ4n) is 2.06. The number of halogens is 2. The lowest BCUT2D eigenvalue weighted by atomic mass is 10.0. The molecular weight excluding hydrogens is 254 g/mol. The van der Waals surface area contributed by atoms with Crippen molar-refractivity contribution in [3.8, 4) is 0 Å². The first-order valence-electron chi connectivity index (χ1n) is 6.13. The summed E-state index contributed by atoms with van der Waals surface area (Å²) in [6.07, 6.45) is -1.09. The van der Waals surface area contributed by atoms with Crippen molar-refractivity contribution in [3.05, 3.63) is 35.6 Å². The highest BCUT2D eigenvalue weighted by atomic mass is 19.1. The van der Waals surface area contributed by atoms with Crippen LogP contribution in [0.4, 0.5) is 8.78 Å². The number of carbonyl (C=O) groups is 1. The van der Waals surface area contributed by atoms with Gasteiger partial charge in [-0.15, -0.1) is 0 Å². The van der Waals surface area contributed by atoms with Crippen LogP contribution in [-0.4, -0.2) is 36.3 Å². The largest absolute Gasteiger partial charge is 0.386 e. The lowest BCUT2D eigenvalue weighted by Crippen LogP contribution is -2.46. The maximum Gasteiger partial charge on any atom is 0.259 e. The summed E-state index contributed by atoms with van der Waals surface area (Å²) in [6, 6.07) is 5.73. The van der Waals surface area contributed by atoms with Crippen molar-refractivity contribution in [2.24, 2.45) is 0 Å². The first-order chi connectivity index (χ1) is 9.03. The summed E-state index contributed by atoms with van der Waals surface area (Å²) in [5.74, 6) is -1.32. The molecule has 0 unspecified atom stereocenters. The van der Waals surface area contributed by atoms with Crippen molar-refractivity contribution in [1.82, 2.24) is 10.6 Å². The van der Waals surface area contributed by atoms with Crippen LogP contribution >= 0.6 is 0 Å². The van der Waals surface area contributed by atoms with Gasteiger partial charge in [-0.25, -0.2) is 8.78 Å². The van der Waals surface area contributed by atoms with Gasteiger partial charge in [0.25, 0.3) is 5.91 Å². The minimum atomic E-state index is -1.94. The number of aliphatic hydroxyl groups is 1. The van der Waals surface area contributed by atoms with Crippen LogP contribution in [0.1, 0.15) is 18.1 Å². The van der Waals surface area contributed by atoms with E-state index < -0.39 is 23.5 Å². The van der Waals surface area contributed by atoms with Crippen LogP contribution in [0.2, 0.25) is 0 Å². The molecule has 6 heteroatoms. The summed E-state index contributed by atoms with van der Waals surface area (Å²) in [4.78, 5) is 11.7. The van der Waals surface area contributed by atoms with Crippen LogP contribution in [0.5, 0.6) is 0 Å². The predicted octanol–water partition coefficient (Wildman–Crippen LogP) is 0.677. The molecule has 1 heterocycles. The van der Waals surface area contributed by atoms with Gasteiger partial charge in [0.05, 0.1) is 6.10 Å². The van der Waals surface area contributed by atoms with Crippen molar-refractivity contribution in [3.63, 3.8) is 0 Å². The van der Waals surface area contributed by atoms with Crippen molar-refractivity contribution < 1.29 is 18.7 Å². The molecule has 1 fully saturated rings. The zero-order chi connectivity index (χ0) is 13.9. The van der Waals surface area contributed by atoms with Crippen LogP contribution < -0.4 is 10.6 Å². The Morgan fingerprint density at radius 3 is 2.89 bits per heavy atom. The van der Waals surface area contributed by atoms with Gasteiger partial charge in [0.15, 0.2) is 0 Å². The fraction of sp³-hybridized carbons (Fsp3) is 0.462. The molecule has 0 radical (unpaired) electrons. The SMILES string of the molecule is O=C(NC[C@H](O)c1ccccc1F)[C@]1(F)CCNC1. The molecule has 1 amide bonds. The highest BCUT2D eigenvalue weighted by Crippen LogP contribution is 2.21. The Morgan fingerprint density at radius 1 is 1.53 bits per heavy atom.